The standard InChI is InChI=1S/C28H34N4O/c1-22-10-8-9-15-26(22)30-21-25(20-29)28(33)32-18-16-31(17-19-32)27(23-11-4-2-5-12-23)24-13-6-3-7-14-24/h2-7,11-14,21-22,26-27,30H,8-10,15-19H2,1H3/b25-21-. The molecule has 2 aromatic carbocycles. The Bertz CT molecular complexity index is 934. The van der Waals surface area contributed by atoms with Gasteiger partial charge in [0.25, 0.3) is 5.91 Å². The molecule has 2 aliphatic rings. The van der Waals surface area contributed by atoms with Gasteiger partial charge in [-0.1, -0.05) is 80.4 Å². The first-order valence-electron chi connectivity index (χ1n) is 12.2. The molecule has 1 aliphatic heterocycles. The van der Waals surface area contributed by atoms with Gasteiger partial charge in [0.05, 0.1) is 6.04 Å². The van der Waals surface area contributed by atoms with E-state index in [0.717, 1.165) is 19.5 Å². The quantitative estimate of drug-likeness (QED) is 0.529. The Hall–Kier alpha value is -3.10. The number of nitriles is 1. The molecule has 2 fully saturated rings. The first-order chi connectivity index (χ1) is 16.2. The number of carbonyl (C=O) groups is 1. The molecule has 4 rings (SSSR count). The Labute approximate surface area is 197 Å². The number of hydrogen-bond acceptors (Lipinski definition) is 4. The largest absolute Gasteiger partial charge is 0.387 e. The van der Waals surface area contributed by atoms with E-state index >= 15 is 0 Å². The summed E-state index contributed by atoms with van der Waals surface area (Å²) < 4.78 is 0. The zero-order valence-corrected chi connectivity index (χ0v) is 19.5. The summed E-state index contributed by atoms with van der Waals surface area (Å²) >= 11 is 0. The van der Waals surface area contributed by atoms with Crippen molar-refractivity contribution in [1.29, 1.82) is 5.26 Å². The summed E-state index contributed by atoms with van der Waals surface area (Å²) in [4.78, 5) is 17.3. The number of nitrogens with one attached hydrogen (secondary N) is 1. The topological polar surface area (TPSA) is 59.4 Å². The van der Waals surface area contributed by atoms with Crippen LogP contribution in [0.25, 0.3) is 0 Å². The highest BCUT2D eigenvalue weighted by molar-refractivity contribution is 5.97. The van der Waals surface area contributed by atoms with Crippen molar-refractivity contribution in [3.63, 3.8) is 0 Å². The summed E-state index contributed by atoms with van der Waals surface area (Å²) in [5, 5.41) is 13.0. The van der Waals surface area contributed by atoms with Crippen molar-refractivity contribution in [3.05, 3.63) is 83.6 Å². The lowest BCUT2D eigenvalue weighted by molar-refractivity contribution is -0.128. The van der Waals surface area contributed by atoms with Crippen molar-refractivity contribution in [1.82, 2.24) is 15.1 Å². The van der Waals surface area contributed by atoms with E-state index in [0.29, 0.717) is 25.0 Å². The van der Waals surface area contributed by atoms with Gasteiger partial charge in [0.15, 0.2) is 0 Å². The van der Waals surface area contributed by atoms with Crippen LogP contribution in [0.5, 0.6) is 0 Å². The Morgan fingerprint density at radius 2 is 1.55 bits per heavy atom. The average Bonchev–Trinajstić information content (AvgIpc) is 2.87. The summed E-state index contributed by atoms with van der Waals surface area (Å²) in [6.45, 7) is 5.02. The molecule has 2 aromatic rings. The van der Waals surface area contributed by atoms with Gasteiger partial charge in [-0.05, 0) is 29.9 Å². The zero-order valence-electron chi connectivity index (χ0n) is 19.5. The molecule has 1 amide bonds. The second-order valence-corrected chi connectivity index (χ2v) is 9.26. The highest BCUT2D eigenvalue weighted by atomic mass is 16.2. The smallest absolute Gasteiger partial charge is 0.266 e. The van der Waals surface area contributed by atoms with Crippen LogP contribution in [0.2, 0.25) is 0 Å². The van der Waals surface area contributed by atoms with E-state index in [1.807, 2.05) is 17.0 Å². The van der Waals surface area contributed by atoms with Crippen LogP contribution >= 0.6 is 0 Å². The summed E-state index contributed by atoms with van der Waals surface area (Å²) in [5.74, 6) is 0.408. The van der Waals surface area contributed by atoms with Crippen LogP contribution in [0.4, 0.5) is 0 Å². The minimum atomic E-state index is -0.163. The summed E-state index contributed by atoms with van der Waals surface area (Å²) in [7, 11) is 0. The number of rotatable bonds is 6. The van der Waals surface area contributed by atoms with E-state index < -0.39 is 0 Å². The number of benzene rings is 2. The summed E-state index contributed by atoms with van der Waals surface area (Å²) in [5.41, 5.74) is 2.72. The second-order valence-electron chi connectivity index (χ2n) is 9.26. The first kappa shape index (κ1) is 23.1. The van der Waals surface area contributed by atoms with Crippen LogP contribution in [0.3, 0.4) is 0 Å². The van der Waals surface area contributed by atoms with Crippen molar-refractivity contribution in [3.8, 4) is 6.07 Å². The minimum Gasteiger partial charge on any atom is -0.387 e. The van der Waals surface area contributed by atoms with Gasteiger partial charge in [-0.2, -0.15) is 5.26 Å². The van der Waals surface area contributed by atoms with Gasteiger partial charge >= 0.3 is 0 Å². The van der Waals surface area contributed by atoms with Crippen LogP contribution in [0.1, 0.15) is 49.8 Å². The highest BCUT2D eigenvalue weighted by Gasteiger charge is 2.29. The maximum absolute atomic E-state index is 13.1. The van der Waals surface area contributed by atoms with Gasteiger partial charge in [-0.15, -0.1) is 0 Å². The molecule has 1 saturated heterocycles. The van der Waals surface area contributed by atoms with Crippen LogP contribution in [-0.4, -0.2) is 47.9 Å². The molecule has 2 unspecified atom stereocenters. The van der Waals surface area contributed by atoms with Gasteiger partial charge in [0.1, 0.15) is 11.6 Å². The molecule has 5 nitrogen and oxygen atoms in total. The van der Waals surface area contributed by atoms with Crippen molar-refractivity contribution in [2.75, 3.05) is 26.2 Å². The van der Waals surface area contributed by atoms with Crippen molar-refractivity contribution in [2.24, 2.45) is 5.92 Å². The lowest BCUT2D eigenvalue weighted by Crippen LogP contribution is -2.50. The maximum atomic E-state index is 13.1. The van der Waals surface area contributed by atoms with Gasteiger partial charge in [-0.3, -0.25) is 9.69 Å². The molecule has 1 aliphatic carbocycles. The van der Waals surface area contributed by atoms with Gasteiger partial charge in [0.2, 0.25) is 0 Å². The van der Waals surface area contributed by atoms with E-state index in [2.05, 4.69) is 71.7 Å². The minimum absolute atomic E-state index is 0.157. The molecule has 2 atom stereocenters. The Balaban J connectivity index is 1.42. The molecular weight excluding hydrogens is 408 g/mol. The van der Waals surface area contributed by atoms with Gasteiger partial charge < -0.3 is 10.2 Å². The fourth-order valence-corrected chi connectivity index (χ4v) is 5.13. The maximum Gasteiger partial charge on any atom is 0.266 e. The molecule has 0 spiro atoms. The van der Waals surface area contributed by atoms with Crippen molar-refractivity contribution in [2.45, 2.75) is 44.7 Å². The fourth-order valence-electron chi connectivity index (χ4n) is 5.13. The first-order valence-corrected chi connectivity index (χ1v) is 12.2. The molecule has 33 heavy (non-hydrogen) atoms. The zero-order chi connectivity index (χ0) is 23.0. The van der Waals surface area contributed by atoms with Gasteiger partial charge in [0, 0.05) is 38.4 Å². The normalized spacial score (nSPS) is 22.1. The molecule has 172 valence electrons. The molecule has 0 aromatic heterocycles. The predicted molar refractivity (Wildman–Crippen MR) is 131 cm³/mol. The monoisotopic (exact) mass is 442 g/mol. The third-order valence-electron chi connectivity index (χ3n) is 7.10. The molecular formula is C28H34N4O. The van der Waals surface area contributed by atoms with Gasteiger partial charge in [-0.25, -0.2) is 0 Å². The van der Waals surface area contributed by atoms with Crippen LogP contribution in [-0.2, 0) is 4.79 Å². The number of hydrogen-bond donors (Lipinski definition) is 1. The number of nitrogens with zero attached hydrogens (tertiary/aromatic N) is 3. The highest BCUT2D eigenvalue weighted by Crippen LogP contribution is 2.29. The molecule has 1 N–H and O–H groups in total. The van der Waals surface area contributed by atoms with Crippen molar-refractivity contribution < 1.29 is 4.79 Å². The lowest BCUT2D eigenvalue weighted by Gasteiger charge is -2.39. The lowest BCUT2D eigenvalue weighted by atomic mass is 9.86. The van der Waals surface area contributed by atoms with Crippen LogP contribution < -0.4 is 5.32 Å². The molecule has 5 heteroatoms. The Morgan fingerprint density at radius 3 is 2.09 bits per heavy atom. The third-order valence-corrected chi connectivity index (χ3v) is 7.10. The Kier molecular flexibility index (Phi) is 7.80. The fraction of sp³-hybridized carbons (Fsp3) is 0.429. The molecule has 0 radical (unpaired) electrons. The van der Waals surface area contributed by atoms with E-state index in [1.165, 1.54) is 30.4 Å². The number of amides is 1. The predicted octanol–water partition coefficient (Wildman–Crippen LogP) is 4.50. The summed E-state index contributed by atoms with van der Waals surface area (Å²) in [6.07, 6.45) is 6.44. The molecule has 1 heterocycles. The van der Waals surface area contributed by atoms with Crippen molar-refractivity contribution >= 4 is 5.91 Å². The average molecular weight is 443 g/mol. The van der Waals surface area contributed by atoms with E-state index in [9.17, 15) is 10.1 Å². The number of carbonyl (C=O) groups excluding carboxylic acids is 1. The van der Waals surface area contributed by atoms with E-state index in [-0.39, 0.29) is 17.5 Å². The van der Waals surface area contributed by atoms with Crippen LogP contribution in [0.15, 0.2) is 72.4 Å². The van der Waals surface area contributed by atoms with Crippen LogP contribution in [0, 0.1) is 17.2 Å². The third kappa shape index (κ3) is 5.64. The second kappa shape index (κ2) is 11.2. The molecule has 1 saturated carbocycles. The van der Waals surface area contributed by atoms with E-state index in [1.54, 1.807) is 6.20 Å². The summed E-state index contributed by atoms with van der Waals surface area (Å²) in [6, 6.07) is 23.7. The van der Waals surface area contributed by atoms with E-state index in [4.69, 9.17) is 0 Å². The Morgan fingerprint density at radius 1 is 0.970 bits per heavy atom. The number of piperazine rings is 1. The SMILES string of the molecule is CC1CCCCC1N/C=C(/C#N)C(=O)N1CCN(C(c2ccccc2)c2ccccc2)CC1. The molecule has 0 bridgehead atoms.